The zero-order chi connectivity index (χ0) is 12.8. The second kappa shape index (κ2) is 6.49. The molecule has 1 aromatic carbocycles. The van der Waals surface area contributed by atoms with E-state index in [0.717, 1.165) is 11.0 Å². The van der Waals surface area contributed by atoms with Gasteiger partial charge in [-0.2, -0.15) is 0 Å². The Labute approximate surface area is 102 Å². The smallest absolute Gasteiger partial charge is 0.255 e. The number of amides is 1. The largest absolute Gasteiger partial charge is 0.332 e. The quantitative estimate of drug-likeness (QED) is 0.750. The van der Waals surface area contributed by atoms with Crippen molar-refractivity contribution in [2.75, 3.05) is 19.0 Å². The van der Waals surface area contributed by atoms with E-state index in [0.29, 0.717) is 0 Å². The summed E-state index contributed by atoms with van der Waals surface area (Å²) in [6, 6.07) is 4.91. The van der Waals surface area contributed by atoms with E-state index in [1.807, 2.05) is 0 Å². The molecular formula is C11H11ClF3NO. The Morgan fingerprint density at radius 1 is 1.41 bits per heavy atom. The molecule has 1 aromatic rings. The van der Waals surface area contributed by atoms with Gasteiger partial charge < -0.3 is 4.90 Å². The molecule has 0 N–H and O–H groups in total. The standard InChI is InChI=1S/C11H11ClF3NO/c12-4-5-16(7-10(14)15)11(17)8-2-1-3-9(13)6-8/h1-3,6,10H,4-5,7H2. The lowest BCUT2D eigenvalue weighted by atomic mass is 10.2. The summed E-state index contributed by atoms with van der Waals surface area (Å²) in [5, 5.41) is 0. The maximum absolute atomic E-state index is 12.9. The van der Waals surface area contributed by atoms with Crippen LogP contribution in [0.25, 0.3) is 0 Å². The van der Waals surface area contributed by atoms with Gasteiger partial charge in [0.05, 0.1) is 6.54 Å². The first-order valence-corrected chi connectivity index (χ1v) is 5.47. The molecule has 1 rings (SSSR count). The number of carbonyl (C=O) groups excluding carboxylic acids is 1. The summed E-state index contributed by atoms with van der Waals surface area (Å²) in [6.07, 6.45) is -2.64. The van der Waals surface area contributed by atoms with Gasteiger partial charge in [-0.05, 0) is 18.2 Å². The second-order valence-corrected chi connectivity index (χ2v) is 3.72. The van der Waals surface area contributed by atoms with Crippen molar-refractivity contribution in [1.29, 1.82) is 0 Å². The predicted octanol–water partition coefficient (Wildman–Crippen LogP) is 2.77. The molecular weight excluding hydrogens is 255 g/mol. The summed E-state index contributed by atoms with van der Waals surface area (Å²) >= 11 is 5.43. The maximum Gasteiger partial charge on any atom is 0.255 e. The van der Waals surface area contributed by atoms with Crippen molar-refractivity contribution < 1.29 is 18.0 Å². The third-order valence-electron chi connectivity index (χ3n) is 2.07. The fourth-order valence-electron chi connectivity index (χ4n) is 1.35. The molecule has 94 valence electrons. The first kappa shape index (κ1) is 13.8. The molecule has 0 aromatic heterocycles. The lowest BCUT2D eigenvalue weighted by Gasteiger charge is -2.21. The minimum absolute atomic E-state index is 0.00123. The summed E-state index contributed by atoms with van der Waals surface area (Å²) < 4.78 is 37.4. The molecule has 6 heteroatoms. The van der Waals surface area contributed by atoms with E-state index in [1.54, 1.807) is 0 Å². The number of alkyl halides is 3. The SMILES string of the molecule is O=C(c1cccc(F)c1)N(CCCl)CC(F)F. The van der Waals surface area contributed by atoms with Gasteiger partial charge in [0.25, 0.3) is 12.3 Å². The Morgan fingerprint density at radius 3 is 2.65 bits per heavy atom. The van der Waals surface area contributed by atoms with Crippen LogP contribution in [0.1, 0.15) is 10.4 Å². The van der Waals surface area contributed by atoms with Gasteiger partial charge in [-0.15, -0.1) is 11.6 Å². The Hall–Kier alpha value is -1.23. The highest BCUT2D eigenvalue weighted by Gasteiger charge is 2.19. The Kier molecular flexibility index (Phi) is 5.28. The predicted molar refractivity (Wildman–Crippen MR) is 59.0 cm³/mol. The highest BCUT2D eigenvalue weighted by Crippen LogP contribution is 2.09. The van der Waals surface area contributed by atoms with Crippen LogP contribution >= 0.6 is 11.6 Å². The van der Waals surface area contributed by atoms with Gasteiger partial charge in [-0.3, -0.25) is 4.79 Å². The number of benzene rings is 1. The Morgan fingerprint density at radius 2 is 2.12 bits per heavy atom. The van der Waals surface area contributed by atoms with E-state index in [1.165, 1.54) is 18.2 Å². The van der Waals surface area contributed by atoms with Crippen LogP contribution in [-0.4, -0.2) is 36.2 Å². The van der Waals surface area contributed by atoms with E-state index >= 15 is 0 Å². The van der Waals surface area contributed by atoms with Crippen molar-refractivity contribution in [2.24, 2.45) is 0 Å². The van der Waals surface area contributed by atoms with E-state index in [2.05, 4.69) is 0 Å². The van der Waals surface area contributed by atoms with Crippen molar-refractivity contribution in [3.63, 3.8) is 0 Å². The number of carbonyl (C=O) groups is 1. The first-order valence-electron chi connectivity index (χ1n) is 4.93. The zero-order valence-corrected chi connectivity index (χ0v) is 9.63. The van der Waals surface area contributed by atoms with E-state index in [9.17, 15) is 18.0 Å². The van der Waals surface area contributed by atoms with Gasteiger partial charge >= 0.3 is 0 Å². The molecule has 0 saturated heterocycles. The van der Waals surface area contributed by atoms with Crippen molar-refractivity contribution in [1.82, 2.24) is 4.90 Å². The summed E-state index contributed by atoms with van der Waals surface area (Å²) in [6.45, 7) is -0.705. The molecule has 0 saturated carbocycles. The Bertz CT molecular complexity index is 387. The lowest BCUT2D eigenvalue weighted by Crippen LogP contribution is -2.36. The van der Waals surface area contributed by atoms with Gasteiger partial charge in [0.1, 0.15) is 5.82 Å². The molecule has 0 radical (unpaired) electrons. The summed E-state index contributed by atoms with van der Waals surface area (Å²) in [5.41, 5.74) is 0.0377. The molecule has 0 aliphatic carbocycles. The van der Waals surface area contributed by atoms with E-state index in [4.69, 9.17) is 11.6 Å². The second-order valence-electron chi connectivity index (χ2n) is 3.34. The van der Waals surface area contributed by atoms with Crippen LogP contribution in [0.5, 0.6) is 0 Å². The van der Waals surface area contributed by atoms with Gasteiger partial charge in [0, 0.05) is 18.0 Å². The minimum Gasteiger partial charge on any atom is -0.332 e. The molecule has 0 aliphatic heterocycles. The molecule has 2 nitrogen and oxygen atoms in total. The number of hydrogen-bond donors (Lipinski definition) is 0. The molecule has 0 atom stereocenters. The van der Waals surface area contributed by atoms with Gasteiger partial charge in [0.2, 0.25) is 0 Å². The fourth-order valence-corrected chi connectivity index (χ4v) is 1.55. The molecule has 17 heavy (non-hydrogen) atoms. The Balaban J connectivity index is 2.83. The van der Waals surface area contributed by atoms with E-state index < -0.39 is 24.7 Å². The van der Waals surface area contributed by atoms with Crippen LogP contribution in [0.4, 0.5) is 13.2 Å². The van der Waals surface area contributed by atoms with Crippen molar-refractivity contribution in [3.05, 3.63) is 35.6 Å². The van der Waals surface area contributed by atoms with E-state index in [-0.39, 0.29) is 18.0 Å². The third kappa shape index (κ3) is 4.26. The van der Waals surface area contributed by atoms with Crippen LogP contribution in [0, 0.1) is 5.82 Å². The fraction of sp³-hybridized carbons (Fsp3) is 0.364. The minimum atomic E-state index is -2.64. The maximum atomic E-state index is 12.9. The topological polar surface area (TPSA) is 20.3 Å². The molecule has 0 heterocycles. The van der Waals surface area contributed by atoms with Gasteiger partial charge in [0.15, 0.2) is 0 Å². The average molecular weight is 266 g/mol. The molecule has 0 aliphatic rings. The third-order valence-corrected chi connectivity index (χ3v) is 2.24. The molecule has 0 unspecified atom stereocenters. The molecule has 0 spiro atoms. The molecule has 0 bridgehead atoms. The van der Waals surface area contributed by atoms with Crippen molar-refractivity contribution >= 4 is 17.5 Å². The highest BCUT2D eigenvalue weighted by atomic mass is 35.5. The van der Waals surface area contributed by atoms with Gasteiger partial charge in [-0.25, -0.2) is 13.2 Å². The number of hydrogen-bond acceptors (Lipinski definition) is 1. The number of halogens is 4. The van der Waals surface area contributed by atoms with Crippen molar-refractivity contribution in [3.8, 4) is 0 Å². The van der Waals surface area contributed by atoms with Crippen LogP contribution in [0.2, 0.25) is 0 Å². The van der Waals surface area contributed by atoms with Gasteiger partial charge in [-0.1, -0.05) is 6.07 Å². The lowest BCUT2D eigenvalue weighted by molar-refractivity contribution is 0.0570. The monoisotopic (exact) mass is 265 g/mol. The number of nitrogens with zero attached hydrogens (tertiary/aromatic N) is 1. The average Bonchev–Trinajstić information content (AvgIpc) is 2.27. The molecule has 0 fully saturated rings. The molecule has 1 amide bonds. The first-order chi connectivity index (χ1) is 8.04. The van der Waals surface area contributed by atoms with Crippen LogP contribution < -0.4 is 0 Å². The van der Waals surface area contributed by atoms with Crippen molar-refractivity contribution in [2.45, 2.75) is 6.43 Å². The zero-order valence-electron chi connectivity index (χ0n) is 8.88. The van der Waals surface area contributed by atoms with Crippen LogP contribution in [0.15, 0.2) is 24.3 Å². The summed E-state index contributed by atoms with van der Waals surface area (Å²) in [4.78, 5) is 12.7. The number of rotatable bonds is 5. The normalized spacial score (nSPS) is 10.6. The van der Waals surface area contributed by atoms with Crippen LogP contribution in [-0.2, 0) is 0 Å². The summed E-state index contributed by atoms with van der Waals surface area (Å²) in [7, 11) is 0. The van der Waals surface area contributed by atoms with Crippen LogP contribution in [0.3, 0.4) is 0 Å². The summed E-state index contributed by atoms with van der Waals surface area (Å²) in [5.74, 6) is -1.18. The highest BCUT2D eigenvalue weighted by molar-refractivity contribution is 6.18.